The molecule has 1 aliphatic heterocycles. The minimum absolute atomic E-state index is 0.315. The minimum atomic E-state index is -1.55. The monoisotopic (exact) mass is 254 g/mol. The molecule has 2 rings (SSSR count). The molecule has 1 aliphatic rings. The highest BCUT2D eigenvalue weighted by Gasteiger charge is 2.23. The van der Waals surface area contributed by atoms with E-state index in [1.54, 1.807) is 6.20 Å². The number of nitrogens with zero attached hydrogens (tertiary/aromatic N) is 2. The van der Waals surface area contributed by atoms with Crippen LogP contribution in [0.1, 0.15) is 19.8 Å². The maximum absolute atomic E-state index is 9.19. The van der Waals surface area contributed by atoms with Crippen LogP contribution in [0, 0.1) is 5.92 Å². The first-order chi connectivity index (χ1) is 8.09. The van der Waals surface area contributed by atoms with Crippen LogP contribution >= 0.6 is 11.6 Å². The van der Waals surface area contributed by atoms with Crippen molar-refractivity contribution >= 4 is 30.0 Å². The van der Waals surface area contributed by atoms with Crippen molar-refractivity contribution in [2.45, 2.75) is 19.8 Å². The Hall–Kier alpha value is -0.775. The standard InChI is InChI=1S/C11H16BClN2O2/c1-8-3-6-15(7-4-8)11-10(13)9(12(16)17)2-5-14-11/h2,5,8,16-17H,3-4,6-7H2,1H3. The van der Waals surface area contributed by atoms with Gasteiger partial charge in [0.05, 0.1) is 5.02 Å². The first-order valence-electron chi connectivity index (χ1n) is 5.85. The highest BCUT2D eigenvalue weighted by Crippen LogP contribution is 2.26. The summed E-state index contributed by atoms with van der Waals surface area (Å²) in [5.74, 6) is 1.39. The molecule has 1 fully saturated rings. The molecule has 0 unspecified atom stereocenters. The Labute approximate surface area is 106 Å². The Morgan fingerprint density at radius 2 is 2.06 bits per heavy atom. The van der Waals surface area contributed by atoms with Gasteiger partial charge in [0.15, 0.2) is 0 Å². The lowest BCUT2D eigenvalue weighted by molar-refractivity contribution is 0.425. The second kappa shape index (κ2) is 5.25. The van der Waals surface area contributed by atoms with Crippen LogP contribution in [0.3, 0.4) is 0 Å². The highest BCUT2D eigenvalue weighted by atomic mass is 35.5. The average molecular weight is 255 g/mol. The molecule has 1 aromatic heterocycles. The molecule has 6 heteroatoms. The van der Waals surface area contributed by atoms with E-state index in [0.29, 0.717) is 16.3 Å². The minimum Gasteiger partial charge on any atom is -0.423 e. The van der Waals surface area contributed by atoms with E-state index in [1.807, 2.05) is 0 Å². The van der Waals surface area contributed by atoms with Crippen molar-refractivity contribution in [2.75, 3.05) is 18.0 Å². The van der Waals surface area contributed by atoms with Gasteiger partial charge in [0.25, 0.3) is 0 Å². The normalized spacial score (nSPS) is 17.3. The maximum Gasteiger partial charge on any atom is 0.490 e. The molecule has 2 N–H and O–H groups in total. The lowest BCUT2D eigenvalue weighted by atomic mass is 9.81. The first kappa shape index (κ1) is 12.7. The smallest absolute Gasteiger partial charge is 0.423 e. The molecule has 0 aliphatic carbocycles. The predicted molar refractivity (Wildman–Crippen MR) is 69.7 cm³/mol. The summed E-state index contributed by atoms with van der Waals surface area (Å²) < 4.78 is 0. The lowest BCUT2D eigenvalue weighted by Gasteiger charge is -2.32. The number of hydrogen-bond donors (Lipinski definition) is 2. The van der Waals surface area contributed by atoms with Gasteiger partial charge in [-0.15, -0.1) is 0 Å². The molecule has 0 atom stereocenters. The largest absolute Gasteiger partial charge is 0.490 e. The van der Waals surface area contributed by atoms with Gasteiger partial charge in [0.2, 0.25) is 0 Å². The van der Waals surface area contributed by atoms with Crippen molar-refractivity contribution in [3.63, 3.8) is 0 Å². The lowest BCUT2D eigenvalue weighted by Crippen LogP contribution is -2.37. The summed E-state index contributed by atoms with van der Waals surface area (Å²) in [6.07, 6.45) is 3.79. The molecule has 2 heterocycles. The van der Waals surface area contributed by atoms with E-state index < -0.39 is 7.12 Å². The van der Waals surface area contributed by atoms with Gasteiger partial charge < -0.3 is 14.9 Å². The number of pyridine rings is 1. The van der Waals surface area contributed by atoms with Crippen LogP contribution < -0.4 is 10.4 Å². The van der Waals surface area contributed by atoms with E-state index >= 15 is 0 Å². The third-order valence-corrected chi connectivity index (χ3v) is 3.65. The van der Waals surface area contributed by atoms with Crippen molar-refractivity contribution in [2.24, 2.45) is 5.92 Å². The first-order valence-corrected chi connectivity index (χ1v) is 6.23. The number of hydrogen-bond acceptors (Lipinski definition) is 4. The molecule has 0 saturated carbocycles. The van der Waals surface area contributed by atoms with Gasteiger partial charge in [-0.1, -0.05) is 18.5 Å². The Morgan fingerprint density at radius 3 is 2.65 bits per heavy atom. The Balaban J connectivity index is 2.24. The molecule has 0 bridgehead atoms. The molecule has 1 saturated heterocycles. The summed E-state index contributed by atoms with van der Waals surface area (Å²) >= 11 is 6.15. The summed E-state index contributed by atoms with van der Waals surface area (Å²) in [4.78, 5) is 6.35. The number of aromatic nitrogens is 1. The fourth-order valence-electron chi connectivity index (χ4n) is 2.09. The van der Waals surface area contributed by atoms with E-state index in [2.05, 4.69) is 16.8 Å². The summed E-state index contributed by atoms with van der Waals surface area (Å²) in [6, 6.07) is 1.53. The molecular weight excluding hydrogens is 238 g/mol. The average Bonchev–Trinajstić information content (AvgIpc) is 2.30. The number of piperidine rings is 1. The van der Waals surface area contributed by atoms with Crippen molar-refractivity contribution in [1.82, 2.24) is 4.98 Å². The second-order valence-electron chi connectivity index (χ2n) is 4.58. The van der Waals surface area contributed by atoms with Crippen molar-refractivity contribution in [3.05, 3.63) is 17.3 Å². The van der Waals surface area contributed by atoms with Crippen molar-refractivity contribution in [3.8, 4) is 0 Å². The number of rotatable bonds is 2. The van der Waals surface area contributed by atoms with Crippen LogP contribution in [0.15, 0.2) is 12.3 Å². The molecule has 0 spiro atoms. The topological polar surface area (TPSA) is 56.6 Å². The Bertz CT molecular complexity index is 395. The third kappa shape index (κ3) is 2.73. The summed E-state index contributed by atoms with van der Waals surface area (Å²) in [5.41, 5.74) is 0.315. The van der Waals surface area contributed by atoms with Crippen LogP contribution in [0.2, 0.25) is 5.02 Å². The van der Waals surface area contributed by atoms with Gasteiger partial charge in [0, 0.05) is 24.7 Å². The van der Waals surface area contributed by atoms with E-state index in [-0.39, 0.29) is 0 Å². The highest BCUT2D eigenvalue weighted by molar-refractivity contribution is 6.63. The third-order valence-electron chi connectivity index (χ3n) is 3.26. The van der Waals surface area contributed by atoms with Gasteiger partial charge in [-0.3, -0.25) is 0 Å². The van der Waals surface area contributed by atoms with E-state index in [1.165, 1.54) is 6.07 Å². The molecule has 17 heavy (non-hydrogen) atoms. The van der Waals surface area contributed by atoms with Crippen LogP contribution in [0.25, 0.3) is 0 Å². The van der Waals surface area contributed by atoms with E-state index in [9.17, 15) is 10.0 Å². The van der Waals surface area contributed by atoms with Crippen molar-refractivity contribution in [1.29, 1.82) is 0 Å². The molecular formula is C11H16BClN2O2. The van der Waals surface area contributed by atoms with Crippen LogP contribution in [-0.2, 0) is 0 Å². The molecule has 0 amide bonds. The van der Waals surface area contributed by atoms with Gasteiger partial charge in [0.1, 0.15) is 5.82 Å². The fraction of sp³-hybridized carbons (Fsp3) is 0.545. The zero-order valence-corrected chi connectivity index (χ0v) is 10.6. The van der Waals surface area contributed by atoms with Gasteiger partial charge in [-0.25, -0.2) is 4.98 Å². The van der Waals surface area contributed by atoms with Crippen LogP contribution in [0.4, 0.5) is 5.82 Å². The number of anilines is 1. The zero-order valence-electron chi connectivity index (χ0n) is 9.80. The zero-order chi connectivity index (χ0) is 12.4. The summed E-state index contributed by atoms with van der Waals surface area (Å²) in [7, 11) is -1.55. The quantitative estimate of drug-likeness (QED) is 0.761. The summed E-state index contributed by atoms with van der Waals surface area (Å²) in [6.45, 7) is 4.07. The second-order valence-corrected chi connectivity index (χ2v) is 4.96. The Morgan fingerprint density at radius 1 is 1.41 bits per heavy atom. The van der Waals surface area contributed by atoms with E-state index in [0.717, 1.165) is 31.8 Å². The molecule has 0 aromatic carbocycles. The van der Waals surface area contributed by atoms with Crippen LogP contribution in [-0.4, -0.2) is 35.2 Å². The molecule has 0 radical (unpaired) electrons. The fourth-order valence-corrected chi connectivity index (χ4v) is 2.42. The molecule has 92 valence electrons. The van der Waals surface area contributed by atoms with Crippen LogP contribution in [0.5, 0.6) is 0 Å². The van der Waals surface area contributed by atoms with Gasteiger partial charge in [-0.2, -0.15) is 0 Å². The van der Waals surface area contributed by atoms with Gasteiger partial charge in [-0.05, 0) is 24.8 Å². The van der Waals surface area contributed by atoms with Crippen molar-refractivity contribution < 1.29 is 10.0 Å². The maximum atomic E-state index is 9.19. The predicted octanol–water partition coefficient (Wildman–Crippen LogP) is 0.651. The Kier molecular flexibility index (Phi) is 3.91. The molecule has 1 aromatic rings. The number of halogens is 1. The SMILES string of the molecule is CC1CCN(c2nccc(B(O)O)c2Cl)CC1. The van der Waals surface area contributed by atoms with Gasteiger partial charge >= 0.3 is 7.12 Å². The summed E-state index contributed by atoms with van der Waals surface area (Å²) in [5, 5.41) is 18.7. The van der Waals surface area contributed by atoms with E-state index in [4.69, 9.17) is 11.6 Å². The molecule has 4 nitrogen and oxygen atoms in total.